The molecule has 2 aromatic heterocycles. The summed E-state index contributed by atoms with van der Waals surface area (Å²) >= 11 is 0. The van der Waals surface area contributed by atoms with Crippen molar-refractivity contribution in [2.24, 2.45) is 0 Å². The largest absolute Gasteiger partial charge is 0.256 e. The molecular formula is C54H37N3. The number of nitrogens with zero attached hydrogens (tertiary/aromatic N) is 3. The Morgan fingerprint density at radius 1 is 0.386 bits per heavy atom. The van der Waals surface area contributed by atoms with Gasteiger partial charge in [0.2, 0.25) is 0 Å². The molecule has 0 fully saturated rings. The summed E-state index contributed by atoms with van der Waals surface area (Å²) in [6.45, 7) is 4.69. The third-order valence-electron chi connectivity index (χ3n) is 11.9. The Balaban J connectivity index is 1.12. The van der Waals surface area contributed by atoms with Crippen LogP contribution in [0.2, 0.25) is 0 Å². The summed E-state index contributed by atoms with van der Waals surface area (Å²) < 4.78 is 0. The van der Waals surface area contributed by atoms with Gasteiger partial charge in [-0.2, -0.15) is 0 Å². The van der Waals surface area contributed by atoms with E-state index in [1.165, 1.54) is 49.5 Å². The molecule has 3 heteroatoms. The van der Waals surface area contributed by atoms with Gasteiger partial charge in [-0.1, -0.05) is 166 Å². The Morgan fingerprint density at radius 3 is 1.81 bits per heavy atom. The fourth-order valence-corrected chi connectivity index (χ4v) is 9.07. The average Bonchev–Trinajstić information content (AvgIpc) is 3.50. The first-order valence-corrected chi connectivity index (χ1v) is 19.6. The minimum absolute atomic E-state index is 0.159. The number of para-hydroxylation sites is 1. The van der Waals surface area contributed by atoms with Crippen LogP contribution in [0.25, 0.3) is 99.7 Å². The van der Waals surface area contributed by atoms with Crippen LogP contribution in [-0.4, -0.2) is 15.0 Å². The van der Waals surface area contributed by atoms with E-state index in [0.717, 1.165) is 55.5 Å². The molecular weight excluding hydrogens is 691 g/mol. The van der Waals surface area contributed by atoms with Gasteiger partial charge in [0, 0.05) is 39.3 Å². The summed E-state index contributed by atoms with van der Waals surface area (Å²) in [6, 6.07) is 65.1. The second-order valence-electron chi connectivity index (χ2n) is 15.6. The Kier molecular flexibility index (Phi) is 7.52. The van der Waals surface area contributed by atoms with E-state index in [0.29, 0.717) is 5.82 Å². The Bertz CT molecular complexity index is 3220. The standard InChI is InChI=1S/C54H37N3/c1-54(2)47-25-14-24-45(52(47)46-30-35-17-6-7-18-36(35)31-48(46)54)51-32-50(56-53(57-51)34-15-4-3-5-16-34)44-28-27-43(41-22-11-12-23-42(41)44)40-21-10-9-20-39(40)38-29-37-19-8-13-26-49(37)55-33-38/h3-33H,1-2H3. The highest BCUT2D eigenvalue weighted by Crippen LogP contribution is 2.53. The summed E-state index contributed by atoms with van der Waals surface area (Å²) in [6.07, 6.45) is 1.99. The van der Waals surface area contributed by atoms with Crippen LogP contribution >= 0.6 is 0 Å². The molecule has 0 atom stereocenters. The van der Waals surface area contributed by atoms with E-state index in [2.05, 4.69) is 184 Å². The van der Waals surface area contributed by atoms with Crippen LogP contribution in [-0.2, 0) is 5.41 Å². The Morgan fingerprint density at radius 2 is 1.00 bits per heavy atom. The van der Waals surface area contributed by atoms with E-state index >= 15 is 0 Å². The molecule has 0 unspecified atom stereocenters. The van der Waals surface area contributed by atoms with Gasteiger partial charge in [0.05, 0.1) is 16.9 Å². The molecule has 0 N–H and O–H groups in total. The second kappa shape index (κ2) is 12.9. The van der Waals surface area contributed by atoms with E-state index < -0.39 is 0 Å². The molecule has 1 aliphatic rings. The molecule has 3 nitrogen and oxygen atoms in total. The summed E-state index contributed by atoms with van der Waals surface area (Å²) in [4.78, 5) is 15.5. The minimum Gasteiger partial charge on any atom is -0.256 e. The van der Waals surface area contributed by atoms with Gasteiger partial charge < -0.3 is 0 Å². The third-order valence-corrected chi connectivity index (χ3v) is 11.9. The smallest absolute Gasteiger partial charge is 0.160 e. The zero-order valence-electron chi connectivity index (χ0n) is 31.7. The molecule has 0 bridgehead atoms. The van der Waals surface area contributed by atoms with Crippen molar-refractivity contribution in [1.29, 1.82) is 0 Å². The van der Waals surface area contributed by atoms with Gasteiger partial charge >= 0.3 is 0 Å². The van der Waals surface area contributed by atoms with E-state index in [9.17, 15) is 0 Å². The SMILES string of the molecule is CC1(C)c2cc3ccccc3cc2-c2c(-c3cc(-c4ccc(-c5ccccc5-c5cnc6ccccc6c5)c5ccccc45)nc(-c4ccccc4)n3)cccc21. The molecule has 11 rings (SSSR count). The van der Waals surface area contributed by atoms with E-state index in [1.54, 1.807) is 0 Å². The van der Waals surface area contributed by atoms with Gasteiger partial charge in [0.1, 0.15) is 0 Å². The van der Waals surface area contributed by atoms with Gasteiger partial charge in [0.25, 0.3) is 0 Å². The summed E-state index contributed by atoms with van der Waals surface area (Å²) in [5.41, 5.74) is 15.6. The Labute approximate surface area is 332 Å². The van der Waals surface area contributed by atoms with Crippen LogP contribution in [0, 0.1) is 0 Å². The lowest BCUT2D eigenvalue weighted by Gasteiger charge is -2.22. The van der Waals surface area contributed by atoms with Gasteiger partial charge in [-0.3, -0.25) is 4.98 Å². The maximum atomic E-state index is 5.35. The zero-order chi connectivity index (χ0) is 38.1. The molecule has 1 aliphatic carbocycles. The lowest BCUT2D eigenvalue weighted by molar-refractivity contribution is 0.661. The van der Waals surface area contributed by atoms with Crippen molar-refractivity contribution in [1.82, 2.24) is 15.0 Å². The topological polar surface area (TPSA) is 38.7 Å². The normalized spacial score (nSPS) is 12.9. The molecule has 0 aliphatic heterocycles. The highest BCUT2D eigenvalue weighted by atomic mass is 14.9. The van der Waals surface area contributed by atoms with Crippen molar-refractivity contribution < 1.29 is 0 Å². The van der Waals surface area contributed by atoms with Crippen LogP contribution in [0.4, 0.5) is 0 Å². The van der Waals surface area contributed by atoms with Crippen molar-refractivity contribution in [3.63, 3.8) is 0 Å². The fourth-order valence-electron chi connectivity index (χ4n) is 9.07. The lowest BCUT2D eigenvalue weighted by Crippen LogP contribution is -2.14. The van der Waals surface area contributed by atoms with Crippen LogP contribution in [0.5, 0.6) is 0 Å². The number of rotatable bonds is 5. The van der Waals surface area contributed by atoms with E-state index in [-0.39, 0.29) is 5.41 Å². The number of benzene rings is 8. The molecule has 10 aromatic rings. The van der Waals surface area contributed by atoms with Crippen molar-refractivity contribution in [3.05, 3.63) is 199 Å². The van der Waals surface area contributed by atoms with Crippen molar-refractivity contribution in [2.45, 2.75) is 19.3 Å². The Hall–Kier alpha value is -7.23. The van der Waals surface area contributed by atoms with Gasteiger partial charge in [-0.15, -0.1) is 0 Å². The maximum absolute atomic E-state index is 5.35. The van der Waals surface area contributed by atoms with Crippen LogP contribution in [0.15, 0.2) is 188 Å². The molecule has 57 heavy (non-hydrogen) atoms. The predicted octanol–water partition coefficient (Wildman–Crippen LogP) is 14.0. The molecule has 268 valence electrons. The number of hydrogen-bond acceptors (Lipinski definition) is 3. The van der Waals surface area contributed by atoms with Crippen molar-refractivity contribution in [3.8, 4) is 67.3 Å². The molecule has 0 amide bonds. The van der Waals surface area contributed by atoms with Gasteiger partial charge in [-0.05, 0) is 90.8 Å². The first-order valence-electron chi connectivity index (χ1n) is 19.6. The average molecular weight is 728 g/mol. The molecule has 8 aromatic carbocycles. The number of fused-ring (bicyclic) bond motifs is 6. The molecule has 0 saturated heterocycles. The van der Waals surface area contributed by atoms with E-state index in [1.807, 2.05) is 18.3 Å². The highest BCUT2D eigenvalue weighted by Gasteiger charge is 2.37. The van der Waals surface area contributed by atoms with Crippen molar-refractivity contribution in [2.75, 3.05) is 0 Å². The van der Waals surface area contributed by atoms with Gasteiger partial charge in [0.15, 0.2) is 5.82 Å². The molecule has 0 spiro atoms. The number of aromatic nitrogens is 3. The number of pyridine rings is 1. The summed E-state index contributed by atoms with van der Waals surface area (Å²) in [5.74, 6) is 0.707. The fraction of sp³-hybridized carbons (Fsp3) is 0.0556. The maximum Gasteiger partial charge on any atom is 0.160 e. The van der Waals surface area contributed by atoms with Crippen LogP contribution < -0.4 is 0 Å². The highest BCUT2D eigenvalue weighted by molar-refractivity contribution is 6.07. The predicted molar refractivity (Wildman–Crippen MR) is 237 cm³/mol. The van der Waals surface area contributed by atoms with Gasteiger partial charge in [-0.25, -0.2) is 9.97 Å². The number of hydrogen-bond donors (Lipinski definition) is 0. The van der Waals surface area contributed by atoms with Crippen LogP contribution in [0.3, 0.4) is 0 Å². The van der Waals surface area contributed by atoms with Crippen molar-refractivity contribution >= 4 is 32.4 Å². The minimum atomic E-state index is -0.159. The first kappa shape index (κ1) is 33.1. The summed E-state index contributed by atoms with van der Waals surface area (Å²) in [5, 5.41) is 5.94. The monoisotopic (exact) mass is 727 g/mol. The third kappa shape index (κ3) is 5.38. The second-order valence-corrected chi connectivity index (χ2v) is 15.6. The molecule has 0 radical (unpaired) electrons. The first-order chi connectivity index (χ1) is 28.0. The quantitative estimate of drug-likeness (QED) is 0.177. The zero-order valence-corrected chi connectivity index (χ0v) is 31.7. The van der Waals surface area contributed by atoms with E-state index in [4.69, 9.17) is 15.0 Å². The lowest BCUT2D eigenvalue weighted by atomic mass is 9.81. The molecule has 0 saturated carbocycles. The molecule has 2 heterocycles. The summed E-state index contributed by atoms with van der Waals surface area (Å²) in [7, 11) is 0. The van der Waals surface area contributed by atoms with Crippen LogP contribution in [0.1, 0.15) is 25.0 Å².